The van der Waals surface area contributed by atoms with Gasteiger partial charge in [0.2, 0.25) is 0 Å². The van der Waals surface area contributed by atoms with E-state index in [1.165, 1.54) is 4.90 Å². The number of rotatable bonds is 4. The highest BCUT2D eigenvalue weighted by atomic mass is 16.3. The van der Waals surface area contributed by atoms with Gasteiger partial charge in [-0.3, -0.25) is 19.5 Å². The molecule has 2 aromatic carbocycles. The quantitative estimate of drug-likeness (QED) is 0.286. The molecule has 6 aromatic rings. The minimum absolute atomic E-state index is 0.254. The molecular formula is C34H26N6O3. The van der Waals surface area contributed by atoms with E-state index >= 15 is 0 Å². The molecule has 1 aliphatic carbocycles. The van der Waals surface area contributed by atoms with E-state index < -0.39 is 11.1 Å². The zero-order valence-corrected chi connectivity index (χ0v) is 23.5. The smallest absolute Gasteiger partial charge is 0.262 e. The van der Waals surface area contributed by atoms with Crippen LogP contribution in [0.15, 0.2) is 91.4 Å². The number of hydrogen-bond donors (Lipinski definition) is 1. The Hall–Kier alpha value is -5.28. The van der Waals surface area contributed by atoms with Gasteiger partial charge in [-0.1, -0.05) is 42.5 Å². The van der Waals surface area contributed by atoms with E-state index in [2.05, 4.69) is 21.1 Å². The molecule has 0 atom stereocenters. The molecule has 0 spiro atoms. The van der Waals surface area contributed by atoms with Gasteiger partial charge >= 0.3 is 0 Å². The predicted molar refractivity (Wildman–Crippen MR) is 160 cm³/mol. The summed E-state index contributed by atoms with van der Waals surface area (Å²) in [5.41, 5.74) is 5.25. The van der Waals surface area contributed by atoms with Crippen LogP contribution in [0.25, 0.3) is 39.1 Å². The molecule has 1 fully saturated rings. The van der Waals surface area contributed by atoms with Crippen LogP contribution in [0.2, 0.25) is 0 Å². The van der Waals surface area contributed by atoms with Crippen molar-refractivity contribution in [3.63, 3.8) is 0 Å². The van der Waals surface area contributed by atoms with Crippen molar-refractivity contribution in [3.05, 3.63) is 114 Å². The lowest BCUT2D eigenvalue weighted by Gasteiger charge is -2.55. The highest BCUT2D eigenvalue weighted by molar-refractivity contribution is 6.22. The van der Waals surface area contributed by atoms with Gasteiger partial charge in [-0.2, -0.15) is 9.61 Å². The van der Waals surface area contributed by atoms with Crippen LogP contribution in [-0.2, 0) is 5.54 Å². The monoisotopic (exact) mass is 566 g/mol. The molecule has 2 aliphatic rings. The average molecular weight is 567 g/mol. The van der Waals surface area contributed by atoms with Crippen LogP contribution in [0, 0.1) is 6.92 Å². The Kier molecular flexibility index (Phi) is 5.24. The van der Waals surface area contributed by atoms with Crippen molar-refractivity contribution in [2.24, 2.45) is 0 Å². The van der Waals surface area contributed by atoms with Gasteiger partial charge in [0.1, 0.15) is 0 Å². The summed E-state index contributed by atoms with van der Waals surface area (Å²) in [7, 11) is 0. The second kappa shape index (κ2) is 8.86. The standard InChI is InChI=1S/C34H26N6O3/c1-20-14-28-36-17-23-15-27(22-6-5-13-35-16-22)29(37-30(23)40(28)38-20)21-9-11-24(12-10-21)34(18-33(2,43)19-34)39-31(41)25-7-3-4-8-26(25)32(39)42/h3-17,43H,18-19H2,1-2H3/t33-,34-. The van der Waals surface area contributed by atoms with Crippen LogP contribution in [0.1, 0.15) is 51.7 Å². The minimum Gasteiger partial charge on any atom is -0.390 e. The van der Waals surface area contributed by atoms with Gasteiger partial charge in [0, 0.05) is 59.6 Å². The predicted octanol–water partition coefficient (Wildman–Crippen LogP) is 5.35. The van der Waals surface area contributed by atoms with Crippen LogP contribution in [0.4, 0.5) is 0 Å². The van der Waals surface area contributed by atoms with E-state index in [0.717, 1.165) is 39.0 Å². The molecule has 9 nitrogen and oxygen atoms in total. The number of aryl methyl sites for hydroxylation is 1. The third-order valence-corrected chi connectivity index (χ3v) is 8.62. The molecule has 2 amide bonds. The summed E-state index contributed by atoms with van der Waals surface area (Å²) < 4.78 is 1.75. The molecule has 1 saturated carbocycles. The first-order chi connectivity index (χ1) is 20.7. The van der Waals surface area contributed by atoms with E-state index in [4.69, 9.17) is 4.98 Å². The van der Waals surface area contributed by atoms with E-state index in [9.17, 15) is 14.7 Å². The fourth-order valence-corrected chi connectivity index (χ4v) is 6.83. The molecule has 0 bridgehead atoms. The lowest BCUT2D eigenvalue weighted by molar-refractivity contribution is -0.118. The van der Waals surface area contributed by atoms with Crippen molar-refractivity contribution in [2.45, 2.75) is 37.8 Å². The van der Waals surface area contributed by atoms with Gasteiger partial charge < -0.3 is 5.11 Å². The van der Waals surface area contributed by atoms with Crippen LogP contribution in [-0.4, -0.2) is 52.0 Å². The number of imide groups is 1. The summed E-state index contributed by atoms with van der Waals surface area (Å²) >= 11 is 0. The Bertz CT molecular complexity index is 2080. The largest absolute Gasteiger partial charge is 0.390 e. The molecule has 0 saturated heterocycles. The van der Waals surface area contributed by atoms with Crippen molar-refractivity contribution in [1.29, 1.82) is 0 Å². The summed E-state index contributed by atoms with van der Waals surface area (Å²) in [6.07, 6.45) is 5.85. The third kappa shape index (κ3) is 3.74. The van der Waals surface area contributed by atoms with E-state index in [1.807, 2.05) is 49.4 Å². The molecule has 210 valence electrons. The maximum absolute atomic E-state index is 13.5. The molecule has 9 heteroatoms. The maximum atomic E-state index is 13.5. The Morgan fingerprint density at radius 2 is 1.56 bits per heavy atom. The second-order valence-electron chi connectivity index (χ2n) is 11.8. The topological polar surface area (TPSA) is 114 Å². The molecule has 4 aromatic heterocycles. The lowest BCUT2D eigenvalue weighted by atomic mass is 9.61. The molecule has 0 radical (unpaired) electrons. The van der Waals surface area contributed by atoms with Gasteiger partial charge in [-0.05, 0) is 43.7 Å². The van der Waals surface area contributed by atoms with Crippen LogP contribution in [0.3, 0.4) is 0 Å². The number of carbonyl (C=O) groups excluding carboxylic acids is 2. The van der Waals surface area contributed by atoms with Crippen molar-refractivity contribution in [3.8, 4) is 22.4 Å². The maximum Gasteiger partial charge on any atom is 0.262 e. The average Bonchev–Trinajstić information content (AvgIpc) is 3.52. The number of carbonyl (C=O) groups is 2. The van der Waals surface area contributed by atoms with E-state index in [-0.39, 0.29) is 24.7 Å². The molecule has 1 N–H and O–H groups in total. The number of benzene rings is 2. The first-order valence-corrected chi connectivity index (χ1v) is 14.1. The summed E-state index contributed by atoms with van der Waals surface area (Å²) in [4.78, 5) is 42.5. The third-order valence-electron chi connectivity index (χ3n) is 8.62. The zero-order chi connectivity index (χ0) is 29.5. The summed E-state index contributed by atoms with van der Waals surface area (Å²) in [6.45, 7) is 3.66. The molecular weight excluding hydrogens is 540 g/mol. The number of amides is 2. The SMILES string of the molecule is Cc1cc2ncc3cc(-c4cccnc4)c(-c4ccc([C@]5(N6C(=O)c7ccccc7C6=O)C[C@](C)(O)C5)cc4)nc3n2n1. The summed E-state index contributed by atoms with van der Waals surface area (Å²) in [5.74, 6) is -0.662. The number of aliphatic hydroxyl groups is 1. The Balaban J connectivity index is 1.27. The molecule has 1 aliphatic heterocycles. The number of hydrogen-bond acceptors (Lipinski definition) is 7. The van der Waals surface area contributed by atoms with E-state index in [1.54, 1.807) is 54.3 Å². The Labute approximate surface area is 246 Å². The fraction of sp³-hybridized carbons (Fsp3) is 0.176. The zero-order valence-electron chi connectivity index (χ0n) is 23.5. The van der Waals surface area contributed by atoms with Gasteiger partial charge in [-0.15, -0.1) is 0 Å². The number of aromatic nitrogens is 5. The fourth-order valence-electron chi connectivity index (χ4n) is 6.83. The van der Waals surface area contributed by atoms with Gasteiger partial charge in [-0.25, -0.2) is 9.97 Å². The highest BCUT2D eigenvalue weighted by Gasteiger charge is 2.60. The van der Waals surface area contributed by atoms with Gasteiger partial charge in [0.15, 0.2) is 11.3 Å². The normalized spacial score (nSPS) is 21.4. The van der Waals surface area contributed by atoms with Crippen molar-refractivity contribution in [1.82, 2.24) is 29.5 Å². The molecule has 0 unspecified atom stereocenters. The van der Waals surface area contributed by atoms with E-state index in [0.29, 0.717) is 22.4 Å². The van der Waals surface area contributed by atoms with Gasteiger partial charge in [0.05, 0.1) is 33.7 Å². The summed E-state index contributed by atoms with van der Waals surface area (Å²) in [6, 6.07) is 22.5. The van der Waals surface area contributed by atoms with Crippen LogP contribution >= 0.6 is 0 Å². The Morgan fingerprint density at radius 3 is 2.21 bits per heavy atom. The van der Waals surface area contributed by atoms with Crippen molar-refractivity contribution in [2.75, 3.05) is 0 Å². The minimum atomic E-state index is -0.997. The molecule has 5 heterocycles. The first kappa shape index (κ1) is 25.4. The summed E-state index contributed by atoms with van der Waals surface area (Å²) in [5, 5.41) is 16.3. The number of fused-ring (bicyclic) bond motifs is 4. The van der Waals surface area contributed by atoms with Crippen molar-refractivity contribution >= 4 is 28.5 Å². The van der Waals surface area contributed by atoms with Crippen LogP contribution in [0.5, 0.6) is 0 Å². The van der Waals surface area contributed by atoms with Gasteiger partial charge in [0.25, 0.3) is 11.8 Å². The highest BCUT2D eigenvalue weighted by Crippen LogP contribution is 2.54. The second-order valence-corrected chi connectivity index (χ2v) is 11.8. The van der Waals surface area contributed by atoms with Crippen LogP contribution < -0.4 is 0 Å². The number of nitrogens with zero attached hydrogens (tertiary/aromatic N) is 6. The Morgan fingerprint density at radius 1 is 0.837 bits per heavy atom. The number of pyridine rings is 2. The molecule has 43 heavy (non-hydrogen) atoms. The molecule has 8 rings (SSSR count). The first-order valence-electron chi connectivity index (χ1n) is 14.1. The lowest BCUT2D eigenvalue weighted by Crippen LogP contribution is -2.63. The van der Waals surface area contributed by atoms with Crippen molar-refractivity contribution < 1.29 is 14.7 Å².